The molecule has 2 aliphatic heterocycles. The SMILES string of the molecule is CS(=O)c1ccc(CN2C(=O)C3COCCN3c3nc(-c4ccc5cn[nH]c5c4)ncc32)cc1. The number of amides is 1. The summed E-state index contributed by atoms with van der Waals surface area (Å²) in [6, 6.07) is 13.0. The molecule has 2 aromatic heterocycles. The molecule has 9 nitrogen and oxygen atoms in total. The van der Waals surface area contributed by atoms with Gasteiger partial charge in [-0.1, -0.05) is 24.3 Å². The number of nitrogens with one attached hydrogen (secondary N) is 1. The first kappa shape index (κ1) is 20.9. The van der Waals surface area contributed by atoms with Crippen molar-refractivity contribution in [3.05, 3.63) is 60.4 Å². The van der Waals surface area contributed by atoms with E-state index in [2.05, 4.69) is 15.2 Å². The summed E-state index contributed by atoms with van der Waals surface area (Å²) >= 11 is 0. The highest BCUT2D eigenvalue weighted by atomic mass is 32.2. The van der Waals surface area contributed by atoms with Gasteiger partial charge in [-0.15, -0.1) is 0 Å². The fourth-order valence-electron chi connectivity index (χ4n) is 4.48. The van der Waals surface area contributed by atoms with Crippen molar-refractivity contribution in [2.24, 2.45) is 0 Å². The second kappa shape index (κ2) is 8.30. The Morgan fingerprint density at radius 2 is 2.03 bits per heavy atom. The Morgan fingerprint density at radius 3 is 2.85 bits per heavy atom. The number of hydrogen-bond acceptors (Lipinski definition) is 7. The van der Waals surface area contributed by atoms with Gasteiger partial charge in [0.25, 0.3) is 5.91 Å². The molecule has 2 aliphatic rings. The van der Waals surface area contributed by atoms with E-state index in [1.54, 1.807) is 23.5 Å². The van der Waals surface area contributed by atoms with Gasteiger partial charge in [-0.05, 0) is 23.8 Å². The lowest BCUT2D eigenvalue weighted by Crippen LogP contribution is -2.58. The third-order valence-corrected chi connectivity index (χ3v) is 7.22. The van der Waals surface area contributed by atoms with Crippen molar-refractivity contribution < 1.29 is 13.7 Å². The monoisotopic (exact) mass is 474 g/mol. The van der Waals surface area contributed by atoms with Crippen LogP contribution in [0.3, 0.4) is 0 Å². The van der Waals surface area contributed by atoms with Crippen LogP contribution in [0.1, 0.15) is 5.56 Å². The van der Waals surface area contributed by atoms with Gasteiger partial charge in [0.1, 0.15) is 11.7 Å². The molecule has 0 radical (unpaired) electrons. The van der Waals surface area contributed by atoms with Crippen molar-refractivity contribution in [1.29, 1.82) is 0 Å². The molecule has 0 bridgehead atoms. The third-order valence-electron chi connectivity index (χ3n) is 6.29. The van der Waals surface area contributed by atoms with Crippen molar-refractivity contribution in [3.8, 4) is 11.4 Å². The number of aromatic nitrogens is 4. The van der Waals surface area contributed by atoms with Crippen LogP contribution in [-0.2, 0) is 26.9 Å². The fourth-order valence-corrected chi connectivity index (χ4v) is 5.00. The minimum atomic E-state index is -1.05. The highest BCUT2D eigenvalue weighted by Crippen LogP contribution is 2.37. The largest absolute Gasteiger partial charge is 0.377 e. The lowest BCUT2D eigenvalue weighted by atomic mass is 10.1. The minimum absolute atomic E-state index is 0.0365. The topological polar surface area (TPSA) is 104 Å². The summed E-state index contributed by atoms with van der Waals surface area (Å²) in [4.78, 5) is 27.5. The van der Waals surface area contributed by atoms with Gasteiger partial charge >= 0.3 is 0 Å². The Hall–Kier alpha value is -3.63. The van der Waals surface area contributed by atoms with Crippen LogP contribution in [0.5, 0.6) is 0 Å². The molecule has 6 rings (SSSR count). The van der Waals surface area contributed by atoms with Gasteiger partial charge in [0.2, 0.25) is 0 Å². The van der Waals surface area contributed by atoms with Gasteiger partial charge in [0.05, 0.1) is 37.7 Å². The number of carbonyl (C=O) groups excluding carboxylic acids is 1. The quantitative estimate of drug-likeness (QED) is 0.485. The maximum absolute atomic E-state index is 13.5. The number of hydrogen-bond donors (Lipinski definition) is 1. The van der Waals surface area contributed by atoms with Crippen LogP contribution in [0.25, 0.3) is 22.3 Å². The Labute approximate surface area is 198 Å². The van der Waals surface area contributed by atoms with Crippen LogP contribution in [0.4, 0.5) is 11.5 Å². The maximum atomic E-state index is 13.5. The van der Waals surface area contributed by atoms with Crippen molar-refractivity contribution in [2.75, 3.05) is 35.8 Å². The Bertz CT molecular complexity index is 1420. The maximum Gasteiger partial charge on any atom is 0.252 e. The molecule has 34 heavy (non-hydrogen) atoms. The summed E-state index contributed by atoms with van der Waals surface area (Å²) < 4.78 is 17.4. The molecule has 2 atom stereocenters. The molecule has 1 N–H and O–H groups in total. The van der Waals surface area contributed by atoms with E-state index in [0.717, 1.165) is 32.7 Å². The third kappa shape index (κ3) is 3.55. The minimum Gasteiger partial charge on any atom is -0.377 e. The molecular weight excluding hydrogens is 452 g/mol. The zero-order chi connectivity index (χ0) is 23.2. The Balaban J connectivity index is 1.40. The zero-order valence-electron chi connectivity index (χ0n) is 18.5. The Kier molecular flexibility index (Phi) is 5.11. The lowest BCUT2D eigenvalue weighted by molar-refractivity contribution is -0.122. The van der Waals surface area contributed by atoms with Gasteiger partial charge in [-0.2, -0.15) is 5.10 Å². The fraction of sp³-hybridized carbons (Fsp3) is 0.250. The molecule has 0 saturated carbocycles. The standard InChI is InChI=1S/C24H22N6O3S/c1-34(32)18-6-2-15(3-7-18)13-30-20-12-25-22(16-4-5-17-11-26-28-19(17)10-16)27-23(20)29-8-9-33-14-21(29)24(30)31/h2-7,10-12,21H,8-9,13-14H2,1H3,(H,26,28). The highest BCUT2D eigenvalue weighted by Gasteiger charge is 2.41. The van der Waals surface area contributed by atoms with E-state index >= 15 is 0 Å². The van der Waals surface area contributed by atoms with E-state index in [1.807, 2.05) is 47.4 Å². The number of fused-ring (bicyclic) bond motifs is 4. The zero-order valence-corrected chi connectivity index (χ0v) is 19.3. The van der Waals surface area contributed by atoms with E-state index in [-0.39, 0.29) is 5.91 Å². The predicted octanol–water partition coefficient (Wildman–Crippen LogP) is 2.51. The van der Waals surface area contributed by atoms with Crippen molar-refractivity contribution in [3.63, 3.8) is 0 Å². The van der Waals surface area contributed by atoms with Gasteiger partial charge in [-0.3, -0.25) is 14.1 Å². The van der Waals surface area contributed by atoms with E-state index < -0.39 is 16.8 Å². The van der Waals surface area contributed by atoms with Crippen LogP contribution < -0.4 is 9.80 Å². The van der Waals surface area contributed by atoms with Crippen LogP contribution in [-0.4, -0.2) is 62.3 Å². The first-order chi connectivity index (χ1) is 16.6. The van der Waals surface area contributed by atoms with E-state index in [9.17, 15) is 9.00 Å². The number of H-pyrrole nitrogens is 1. The first-order valence-corrected chi connectivity index (χ1v) is 12.5. The molecule has 172 valence electrons. The number of rotatable bonds is 4. The molecule has 10 heteroatoms. The number of ether oxygens (including phenoxy) is 1. The molecule has 2 aromatic carbocycles. The number of anilines is 2. The van der Waals surface area contributed by atoms with E-state index in [4.69, 9.17) is 9.72 Å². The van der Waals surface area contributed by atoms with Crippen molar-refractivity contribution in [2.45, 2.75) is 17.5 Å². The van der Waals surface area contributed by atoms with Crippen molar-refractivity contribution >= 4 is 39.1 Å². The number of carbonyl (C=O) groups is 1. The normalized spacial score (nSPS) is 18.6. The number of morpholine rings is 1. The number of benzene rings is 2. The average molecular weight is 475 g/mol. The van der Waals surface area contributed by atoms with E-state index in [0.29, 0.717) is 37.8 Å². The molecular formula is C24H22N6O3S. The van der Waals surface area contributed by atoms with Gasteiger partial charge in [-0.25, -0.2) is 9.97 Å². The molecule has 4 aromatic rings. The second-order valence-electron chi connectivity index (χ2n) is 8.38. The summed E-state index contributed by atoms with van der Waals surface area (Å²) in [5, 5.41) is 8.09. The molecule has 0 spiro atoms. The second-order valence-corrected chi connectivity index (χ2v) is 9.76. The van der Waals surface area contributed by atoms with Gasteiger partial charge in [0.15, 0.2) is 11.6 Å². The van der Waals surface area contributed by atoms with Crippen LogP contribution in [0.2, 0.25) is 0 Å². The van der Waals surface area contributed by atoms with Crippen LogP contribution in [0.15, 0.2) is 59.8 Å². The molecule has 2 unspecified atom stereocenters. The number of aromatic amines is 1. The predicted molar refractivity (Wildman–Crippen MR) is 129 cm³/mol. The summed E-state index contributed by atoms with van der Waals surface area (Å²) in [6.45, 7) is 1.82. The number of nitrogens with zero attached hydrogens (tertiary/aromatic N) is 5. The summed E-state index contributed by atoms with van der Waals surface area (Å²) in [5.74, 6) is 1.28. The van der Waals surface area contributed by atoms with Crippen molar-refractivity contribution in [1.82, 2.24) is 20.2 Å². The molecule has 0 aliphatic carbocycles. The van der Waals surface area contributed by atoms with Crippen LogP contribution >= 0.6 is 0 Å². The molecule has 1 saturated heterocycles. The molecule has 4 heterocycles. The lowest BCUT2D eigenvalue weighted by Gasteiger charge is -2.43. The summed E-state index contributed by atoms with van der Waals surface area (Å²) in [6.07, 6.45) is 5.16. The van der Waals surface area contributed by atoms with Gasteiger partial charge in [0, 0.05) is 39.4 Å². The molecule has 1 amide bonds. The summed E-state index contributed by atoms with van der Waals surface area (Å²) in [5.41, 5.74) is 3.40. The smallest absolute Gasteiger partial charge is 0.252 e. The first-order valence-electron chi connectivity index (χ1n) is 11.0. The molecule has 1 fully saturated rings. The van der Waals surface area contributed by atoms with E-state index in [1.165, 1.54) is 0 Å². The van der Waals surface area contributed by atoms with Crippen LogP contribution in [0, 0.1) is 0 Å². The Morgan fingerprint density at radius 1 is 1.18 bits per heavy atom. The summed E-state index contributed by atoms with van der Waals surface area (Å²) in [7, 11) is -1.05. The average Bonchev–Trinajstić information content (AvgIpc) is 3.34. The highest BCUT2D eigenvalue weighted by molar-refractivity contribution is 7.84. The van der Waals surface area contributed by atoms with Gasteiger partial charge < -0.3 is 14.5 Å².